The summed E-state index contributed by atoms with van der Waals surface area (Å²) in [5, 5.41) is 28.1. The summed E-state index contributed by atoms with van der Waals surface area (Å²) in [6.45, 7) is 2.15. The Kier molecular flexibility index (Phi) is 7.88. The van der Waals surface area contributed by atoms with E-state index < -0.39 is 23.6 Å². The first-order chi connectivity index (χ1) is 7.88. The molecule has 0 spiro atoms. The number of hydrogen-bond donors (Lipinski definition) is 5. The zero-order valence-corrected chi connectivity index (χ0v) is 10.3. The Morgan fingerprint density at radius 2 is 2.00 bits per heavy atom. The summed E-state index contributed by atoms with van der Waals surface area (Å²) in [5.41, 5.74) is 5.29. The van der Waals surface area contributed by atoms with E-state index in [0.29, 0.717) is 6.54 Å². The highest BCUT2D eigenvalue weighted by Gasteiger charge is 2.23. The van der Waals surface area contributed by atoms with Gasteiger partial charge < -0.3 is 26.4 Å². The van der Waals surface area contributed by atoms with Gasteiger partial charge in [0.1, 0.15) is 6.04 Å². The fraction of sp³-hybridized carbons (Fsp3) is 0.778. The second-order valence-corrected chi connectivity index (χ2v) is 4.61. The molecule has 6 N–H and O–H groups in total. The van der Waals surface area contributed by atoms with Crippen molar-refractivity contribution in [1.82, 2.24) is 5.32 Å². The van der Waals surface area contributed by atoms with Crippen molar-refractivity contribution in [1.29, 1.82) is 0 Å². The van der Waals surface area contributed by atoms with E-state index >= 15 is 0 Å². The second kappa shape index (κ2) is 8.29. The van der Waals surface area contributed by atoms with Crippen molar-refractivity contribution < 1.29 is 24.9 Å². The van der Waals surface area contributed by atoms with Gasteiger partial charge in [0.25, 0.3) is 0 Å². The normalized spacial score (nSPS) is 14.4. The number of thioether (sulfide) groups is 1. The number of amides is 1. The van der Waals surface area contributed by atoms with E-state index in [9.17, 15) is 9.59 Å². The third kappa shape index (κ3) is 7.16. The number of nitrogens with one attached hydrogen (secondary N) is 1. The highest BCUT2D eigenvalue weighted by molar-refractivity contribution is 8.00. The maximum Gasteiger partial charge on any atom is 0.321 e. The van der Waals surface area contributed by atoms with E-state index in [1.807, 2.05) is 0 Å². The standard InChI is InChI=1S/C9H18N2O5S/c1-2-11-8(14)6(3-7(12)13)17-4-5(10)9(15)16/h5-7,12-13H,2-4,10H2,1H3,(H,11,14)(H,15,16). The minimum absolute atomic E-state index is 0.0316. The molecular weight excluding hydrogens is 248 g/mol. The van der Waals surface area contributed by atoms with Crippen molar-refractivity contribution in [2.45, 2.75) is 30.9 Å². The molecule has 17 heavy (non-hydrogen) atoms. The van der Waals surface area contributed by atoms with Crippen molar-refractivity contribution >= 4 is 23.6 Å². The van der Waals surface area contributed by atoms with Gasteiger partial charge in [0.2, 0.25) is 5.91 Å². The number of aliphatic hydroxyl groups is 2. The number of aliphatic hydroxyl groups excluding tert-OH is 1. The van der Waals surface area contributed by atoms with Crippen LogP contribution in [0.4, 0.5) is 0 Å². The first kappa shape index (κ1) is 16.2. The minimum Gasteiger partial charge on any atom is -0.480 e. The van der Waals surface area contributed by atoms with Crippen LogP contribution in [-0.2, 0) is 9.59 Å². The number of carboxylic acids is 1. The summed E-state index contributed by atoms with van der Waals surface area (Å²) in [6, 6.07) is -1.08. The van der Waals surface area contributed by atoms with Crippen molar-refractivity contribution in [3.8, 4) is 0 Å². The largest absolute Gasteiger partial charge is 0.480 e. The predicted octanol–water partition coefficient (Wildman–Crippen LogP) is -1.66. The van der Waals surface area contributed by atoms with Gasteiger partial charge in [-0.05, 0) is 6.92 Å². The van der Waals surface area contributed by atoms with E-state index in [1.54, 1.807) is 6.92 Å². The number of carboxylic acid groups (broad SMARTS) is 1. The van der Waals surface area contributed by atoms with Crippen LogP contribution >= 0.6 is 11.8 Å². The molecule has 0 rings (SSSR count). The third-order valence-corrected chi connectivity index (χ3v) is 3.22. The maximum absolute atomic E-state index is 11.5. The van der Waals surface area contributed by atoms with Gasteiger partial charge in [-0.3, -0.25) is 9.59 Å². The zero-order valence-electron chi connectivity index (χ0n) is 9.50. The summed E-state index contributed by atoms with van der Waals surface area (Å²) >= 11 is 0.996. The Morgan fingerprint density at radius 1 is 1.41 bits per heavy atom. The summed E-state index contributed by atoms with van der Waals surface area (Å²) in [7, 11) is 0. The number of carbonyl (C=O) groups is 2. The highest BCUT2D eigenvalue weighted by atomic mass is 32.2. The lowest BCUT2D eigenvalue weighted by Crippen LogP contribution is -2.38. The third-order valence-electron chi connectivity index (χ3n) is 1.86. The van der Waals surface area contributed by atoms with Gasteiger partial charge in [0.15, 0.2) is 6.29 Å². The molecule has 100 valence electrons. The molecule has 8 heteroatoms. The van der Waals surface area contributed by atoms with Gasteiger partial charge in [0, 0.05) is 18.7 Å². The van der Waals surface area contributed by atoms with E-state index in [1.165, 1.54) is 0 Å². The van der Waals surface area contributed by atoms with Crippen molar-refractivity contribution in [3.05, 3.63) is 0 Å². The molecule has 1 amide bonds. The highest BCUT2D eigenvalue weighted by Crippen LogP contribution is 2.17. The van der Waals surface area contributed by atoms with E-state index in [-0.39, 0.29) is 18.1 Å². The molecule has 0 fully saturated rings. The second-order valence-electron chi connectivity index (χ2n) is 3.38. The molecule has 7 nitrogen and oxygen atoms in total. The fourth-order valence-electron chi connectivity index (χ4n) is 1.02. The first-order valence-electron chi connectivity index (χ1n) is 5.12. The lowest BCUT2D eigenvalue weighted by Gasteiger charge is -2.17. The van der Waals surface area contributed by atoms with E-state index in [4.69, 9.17) is 21.1 Å². The fourth-order valence-corrected chi connectivity index (χ4v) is 2.15. The number of carbonyl (C=O) groups excluding carboxylic acids is 1. The van der Waals surface area contributed by atoms with Crippen LogP contribution in [-0.4, -0.2) is 57.1 Å². The first-order valence-corrected chi connectivity index (χ1v) is 6.17. The molecular formula is C9H18N2O5S. The van der Waals surface area contributed by atoms with Gasteiger partial charge in [-0.1, -0.05) is 0 Å². The van der Waals surface area contributed by atoms with E-state index in [0.717, 1.165) is 11.8 Å². The van der Waals surface area contributed by atoms with Gasteiger partial charge in [0.05, 0.1) is 5.25 Å². The molecule has 0 heterocycles. The zero-order chi connectivity index (χ0) is 13.4. The van der Waals surface area contributed by atoms with Gasteiger partial charge in [-0.25, -0.2) is 0 Å². The van der Waals surface area contributed by atoms with Crippen LogP contribution in [0.25, 0.3) is 0 Å². The van der Waals surface area contributed by atoms with Gasteiger partial charge >= 0.3 is 5.97 Å². The number of nitrogens with two attached hydrogens (primary N) is 1. The summed E-state index contributed by atoms with van der Waals surface area (Å²) in [5.74, 6) is -1.48. The van der Waals surface area contributed by atoms with Gasteiger partial charge in [-0.15, -0.1) is 11.8 Å². The molecule has 0 aliphatic carbocycles. The summed E-state index contributed by atoms with van der Waals surface area (Å²) in [6.07, 6.45) is -1.78. The van der Waals surface area contributed by atoms with Crippen LogP contribution in [0, 0.1) is 0 Å². The number of rotatable bonds is 8. The quantitative estimate of drug-likeness (QED) is 0.332. The molecule has 2 unspecified atom stereocenters. The molecule has 0 aromatic carbocycles. The predicted molar refractivity (Wildman–Crippen MR) is 63.4 cm³/mol. The molecule has 0 radical (unpaired) electrons. The Bertz CT molecular complexity index is 262. The number of aliphatic carboxylic acids is 1. The van der Waals surface area contributed by atoms with Crippen LogP contribution in [0.3, 0.4) is 0 Å². The molecule has 0 aromatic rings. The van der Waals surface area contributed by atoms with Crippen molar-refractivity contribution in [2.24, 2.45) is 5.73 Å². The lowest BCUT2D eigenvalue weighted by molar-refractivity contribution is -0.138. The average Bonchev–Trinajstić information content (AvgIpc) is 2.23. The Labute approximate surface area is 103 Å². The molecule has 0 aliphatic rings. The van der Waals surface area contributed by atoms with Crippen molar-refractivity contribution in [2.75, 3.05) is 12.3 Å². The molecule has 0 saturated heterocycles. The molecule has 0 aromatic heterocycles. The maximum atomic E-state index is 11.5. The number of hydrogen-bond acceptors (Lipinski definition) is 6. The molecule has 2 atom stereocenters. The average molecular weight is 266 g/mol. The van der Waals surface area contributed by atoms with Gasteiger partial charge in [-0.2, -0.15) is 0 Å². The Morgan fingerprint density at radius 3 is 2.41 bits per heavy atom. The van der Waals surface area contributed by atoms with Crippen LogP contribution in [0.2, 0.25) is 0 Å². The Hall–Kier alpha value is -0.830. The topological polar surface area (TPSA) is 133 Å². The summed E-state index contributed by atoms with van der Waals surface area (Å²) in [4.78, 5) is 22.0. The van der Waals surface area contributed by atoms with Crippen LogP contribution in [0.5, 0.6) is 0 Å². The lowest BCUT2D eigenvalue weighted by atomic mass is 10.3. The van der Waals surface area contributed by atoms with Crippen LogP contribution < -0.4 is 11.1 Å². The van der Waals surface area contributed by atoms with Crippen molar-refractivity contribution in [3.63, 3.8) is 0 Å². The monoisotopic (exact) mass is 266 g/mol. The van der Waals surface area contributed by atoms with Crippen LogP contribution in [0.1, 0.15) is 13.3 Å². The SMILES string of the molecule is CCNC(=O)C(CC(O)O)SCC(N)C(=O)O. The molecule has 0 aliphatic heterocycles. The minimum atomic E-state index is -1.61. The van der Waals surface area contributed by atoms with E-state index in [2.05, 4.69) is 5.32 Å². The Balaban J connectivity index is 4.28. The smallest absolute Gasteiger partial charge is 0.321 e. The van der Waals surface area contributed by atoms with Crippen LogP contribution in [0.15, 0.2) is 0 Å². The summed E-state index contributed by atoms with van der Waals surface area (Å²) < 4.78 is 0. The molecule has 0 bridgehead atoms. The molecule has 0 saturated carbocycles.